The van der Waals surface area contributed by atoms with Crippen LogP contribution in [0.3, 0.4) is 0 Å². The van der Waals surface area contributed by atoms with Crippen LogP contribution in [0.4, 0.5) is 4.39 Å². The van der Waals surface area contributed by atoms with E-state index in [1.807, 2.05) is 18.4 Å². The summed E-state index contributed by atoms with van der Waals surface area (Å²) in [6.45, 7) is 15.5. The molecular formula is C27H37FN2O2S. The molecule has 180 valence electrons. The van der Waals surface area contributed by atoms with Crippen LogP contribution in [0.15, 0.2) is 48.4 Å². The van der Waals surface area contributed by atoms with Crippen LogP contribution in [0, 0.1) is 24.1 Å². The molecule has 1 unspecified atom stereocenters. The Morgan fingerprint density at radius 3 is 2.30 bits per heavy atom. The fourth-order valence-corrected chi connectivity index (χ4v) is 4.92. The number of aryl methyl sites for hydroxylation is 1. The van der Waals surface area contributed by atoms with Gasteiger partial charge in [-0.3, -0.25) is 9.59 Å². The Bertz CT molecular complexity index is 930. The van der Waals surface area contributed by atoms with Gasteiger partial charge in [-0.1, -0.05) is 45.9 Å². The number of thiophene rings is 1. The molecule has 0 saturated heterocycles. The van der Waals surface area contributed by atoms with Gasteiger partial charge in [0.1, 0.15) is 12.4 Å². The predicted molar refractivity (Wildman–Crippen MR) is 134 cm³/mol. The van der Waals surface area contributed by atoms with Crippen molar-refractivity contribution in [1.82, 2.24) is 9.80 Å². The molecule has 2 aromatic rings. The molecule has 1 aromatic heterocycles. The second-order valence-electron chi connectivity index (χ2n) is 10.0. The van der Waals surface area contributed by atoms with Gasteiger partial charge < -0.3 is 9.80 Å². The van der Waals surface area contributed by atoms with Gasteiger partial charge in [0, 0.05) is 24.4 Å². The maximum absolute atomic E-state index is 13.4. The van der Waals surface area contributed by atoms with E-state index in [-0.39, 0.29) is 35.5 Å². The number of rotatable bonds is 11. The number of halogens is 1. The van der Waals surface area contributed by atoms with E-state index in [1.165, 1.54) is 12.1 Å². The number of amides is 2. The highest BCUT2D eigenvalue weighted by atomic mass is 32.1. The van der Waals surface area contributed by atoms with E-state index in [4.69, 9.17) is 0 Å². The third-order valence-electron chi connectivity index (χ3n) is 5.45. The molecule has 0 fully saturated rings. The highest BCUT2D eigenvalue weighted by molar-refractivity contribution is 7.10. The minimum absolute atomic E-state index is 0.00128. The maximum Gasteiger partial charge on any atom is 0.242 e. The van der Waals surface area contributed by atoms with Crippen molar-refractivity contribution in [3.63, 3.8) is 0 Å². The lowest BCUT2D eigenvalue weighted by atomic mass is 9.84. The smallest absolute Gasteiger partial charge is 0.242 e. The fraction of sp³-hybridized carbons (Fsp3) is 0.481. The molecule has 0 aliphatic rings. The van der Waals surface area contributed by atoms with Crippen molar-refractivity contribution in [2.24, 2.45) is 11.3 Å². The molecule has 2 rings (SSSR count). The van der Waals surface area contributed by atoms with Gasteiger partial charge >= 0.3 is 0 Å². The standard InChI is InChI=1S/C27H37FN2O2S/c1-7-13-29(25(31)15-20(2)16-27(4,5)6)19-26(32)30(18-24-21(3)12-14-33-24)17-22-8-10-23(28)11-9-22/h7-12,14,20H,1,13,15-19H2,2-6H3. The molecule has 2 amide bonds. The van der Waals surface area contributed by atoms with E-state index in [0.717, 1.165) is 22.4 Å². The molecule has 1 atom stereocenters. The van der Waals surface area contributed by atoms with E-state index >= 15 is 0 Å². The van der Waals surface area contributed by atoms with Crippen LogP contribution in [0.2, 0.25) is 0 Å². The van der Waals surface area contributed by atoms with Crippen LogP contribution >= 0.6 is 11.3 Å². The van der Waals surface area contributed by atoms with E-state index in [1.54, 1.807) is 39.3 Å². The molecule has 0 aliphatic carbocycles. The molecule has 0 N–H and O–H groups in total. The van der Waals surface area contributed by atoms with E-state index in [9.17, 15) is 14.0 Å². The Morgan fingerprint density at radius 2 is 1.76 bits per heavy atom. The quantitative estimate of drug-likeness (QED) is 0.365. The second kappa shape index (κ2) is 12.1. The van der Waals surface area contributed by atoms with Gasteiger partial charge in [0.2, 0.25) is 11.8 Å². The zero-order valence-corrected chi connectivity index (χ0v) is 21.4. The molecule has 1 heterocycles. The molecule has 0 aliphatic heterocycles. The number of benzene rings is 1. The van der Waals surface area contributed by atoms with Gasteiger partial charge in [-0.2, -0.15) is 0 Å². The Kier molecular flexibility index (Phi) is 9.84. The van der Waals surface area contributed by atoms with Gasteiger partial charge in [-0.15, -0.1) is 17.9 Å². The summed E-state index contributed by atoms with van der Waals surface area (Å²) in [4.78, 5) is 30.8. The predicted octanol–water partition coefficient (Wildman–Crippen LogP) is 6.20. The summed E-state index contributed by atoms with van der Waals surface area (Å²) in [5.74, 6) is -0.248. The second-order valence-corrected chi connectivity index (χ2v) is 11.0. The SMILES string of the molecule is C=CCN(CC(=O)N(Cc1ccc(F)cc1)Cc1sccc1C)C(=O)CC(C)CC(C)(C)C. The molecule has 1 aromatic carbocycles. The summed E-state index contributed by atoms with van der Waals surface area (Å²) in [5, 5.41) is 2.01. The average Bonchev–Trinajstić information content (AvgIpc) is 3.11. The van der Waals surface area contributed by atoms with Gasteiger partial charge in [0.25, 0.3) is 0 Å². The average molecular weight is 473 g/mol. The zero-order chi connectivity index (χ0) is 24.6. The molecule has 6 heteroatoms. The van der Waals surface area contributed by atoms with E-state index < -0.39 is 0 Å². The number of hydrogen-bond acceptors (Lipinski definition) is 3. The van der Waals surface area contributed by atoms with Gasteiger partial charge in [0.15, 0.2) is 0 Å². The van der Waals surface area contributed by atoms with Crippen molar-refractivity contribution in [1.29, 1.82) is 0 Å². The van der Waals surface area contributed by atoms with Crippen molar-refractivity contribution in [3.05, 3.63) is 70.2 Å². The fourth-order valence-electron chi connectivity index (χ4n) is 4.00. The third-order valence-corrected chi connectivity index (χ3v) is 6.46. The Labute approximate surface area is 202 Å². The maximum atomic E-state index is 13.4. The van der Waals surface area contributed by atoms with Crippen LogP contribution in [0.5, 0.6) is 0 Å². The van der Waals surface area contributed by atoms with Crippen LogP contribution in [-0.2, 0) is 22.7 Å². The normalized spacial score (nSPS) is 12.3. The summed E-state index contributed by atoms with van der Waals surface area (Å²) in [7, 11) is 0. The number of carbonyl (C=O) groups excluding carboxylic acids is 2. The van der Waals surface area contributed by atoms with E-state index in [0.29, 0.717) is 26.1 Å². The number of carbonyl (C=O) groups is 2. The summed E-state index contributed by atoms with van der Waals surface area (Å²) < 4.78 is 13.4. The number of hydrogen-bond donors (Lipinski definition) is 0. The molecule has 4 nitrogen and oxygen atoms in total. The lowest BCUT2D eigenvalue weighted by molar-refractivity contribution is -0.141. The monoisotopic (exact) mass is 472 g/mol. The lowest BCUT2D eigenvalue weighted by Gasteiger charge is -2.29. The summed E-state index contributed by atoms with van der Waals surface area (Å²) in [6, 6.07) is 8.22. The van der Waals surface area contributed by atoms with Gasteiger partial charge in [-0.25, -0.2) is 4.39 Å². The Balaban J connectivity index is 2.15. The largest absolute Gasteiger partial charge is 0.332 e. The first kappa shape index (κ1) is 26.8. The van der Waals surface area contributed by atoms with Crippen LogP contribution in [0.1, 0.15) is 56.5 Å². The minimum atomic E-state index is -0.308. The zero-order valence-electron chi connectivity index (χ0n) is 20.6. The molecule has 0 saturated carbocycles. The highest BCUT2D eigenvalue weighted by Crippen LogP contribution is 2.26. The van der Waals surface area contributed by atoms with Gasteiger partial charge in [-0.05, 0) is 59.4 Å². The molecular weight excluding hydrogens is 435 g/mol. The van der Waals surface area contributed by atoms with Crippen molar-refractivity contribution < 1.29 is 14.0 Å². The van der Waals surface area contributed by atoms with Crippen LogP contribution in [0.25, 0.3) is 0 Å². The molecule has 0 bridgehead atoms. The summed E-state index contributed by atoms with van der Waals surface area (Å²) in [5.41, 5.74) is 2.12. The summed E-state index contributed by atoms with van der Waals surface area (Å²) in [6.07, 6.45) is 3.00. The van der Waals surface area contributed by atoms with Crippen molar-refractivity contribution in [3.8, 4) is 0 Å². The van der Waals surface area contributed by atoms with Gasteiger partial charge in [0.05, 0.1) is 6.54 Å². The first-order chi connectivity index (χ1) is 15.5. The topological polar surface area (TPSA) is 40.6 Å². The van der Waals surface area contributed by atoms with Crippen LogP contribution < -0.4 is 0 Å². The Hall–Kier alpha value is -2.47. The first-order valence-electron chi connectivity index (χ1n) is 11.4. The lowest BCUT2D eigenvalue weighted by Crippen LogP contribution is -2.43. The number of nitrogens with zero attached hydrogens (tertiary/aromatic N) is 2. The van der Waals surface area contributed by atoms with E-state index in [2.05, 4.69) is 34.3 Å². The minimum Gasteiger partial charge on any atom is -0.332 e. The molecule has 0 radical (unpaired) electrons. The van der Waals surface area contributed by atoms with Crippen molar-refractivity contribution >= 4 is 23.2 Å². The summed E-state index contributed by atoms with van der Waals surface area (Å²) >= 11 is 1.61. The highest BCUT2D eigenvalue weighted by Gasteiger charge is 2.24. The van der Waals surface area contributed by atoms with Crippen molar-refractivity contribution in [2.45, 2.75) is 60.5 Å². The molecule has 0 spiro atoms. The Morgan fingerprint density at radius 1 is 1.09 bits per heavy atom. The third kappa shape index (κ3) is 9.12. The van der Waals surface area contributed by atoms with Crippen molar-refractivity contribution in [2.75, 3.05) is 13.1 Å². The molecule has 33 heavy (non-hydrogen) atoms. The van der Waals surface area contributed by atoms with Crippen LogP contribution in [-0.4, -0.2) is 34.7 Å². The first-order valence-corrected chi connectivity index (χ1v) is 12.3.